The zero-order valence-corrected chi connectivity index (χ0v) is 11.6. The monoisotopic (exact) mass is 255 g/mol. The van der Waals surface area contributed by atoms with E-state index in [1.807, 2.05) is 19.9 Å². The molecule has 1 rings (SSSR count). The van der Waals surface area contributed by atoms with E-state index in [4.69, 9.17) is 22.1 Å². The van der Waals surface area contributed by atoms with Gasteiger partial charge < -0.3 is 10.5 Å². The van der Waals surface area contributed by atoms with Crippen LogP contribution in [0, 0.1) is 6.92 Å². The Morgan fingerprint density at radius 1 is 1.35 bits per heavy atom. The summed E-state index contributed by atoms with van der Waals surface area (Å²) in [5.41, 5.74) is 8.44. The summed E-state index contributed by atoms with van der Waals surface area (Å²) in [4.78, 5) is 0. The standard InChI is InChI=1S/C14H22ClNO/c1-4-14(17-5-2)13(16)9-11-7-6-10(3)8-12(11)15/h6-8,13-14H,4-5,9,16H2,1-3H3. The van der Waals surface area contributed by atoms with Crippen molar-refractivity contribution >= 4 is 11.6 Å². The predicted octanol–water partition coefficient (Wildman–Crippen LogP) is 3.33. The third-order valence-electron chi connectivity index (χ3n) is 2.92. The third kappa shape index (κ3) is 4.30. The Morgan fingerprint density at radius 2 is 2.06 bits per heavy atom. The van der Waals surface area contributed by atoms with Crippen LogP contribution in [0.15, 0.2) is 18.2 Å². The van der Waals surface area contributed by atoms with Crippen LogP contribution >= 0.6 is 11.6 Å². The van der Waals surface area contributed by atoms with Crippen LogP contribution in [0.5, 0.6) is 0 Å². The van der Waals surface area contributed by atoms with Crippen molar-refractivity contribution in [1.82, 2.24) is 0 Å². The first-order chi connectivity index (χ1) is 8.08. The van der Waals surface area contributed by atoms with Gasteiger partial charge in [-0.15, -0.1) is 0 Å². The van der Waals surface area contributed by atoms with Gasteiger partial charge in [-0.1, -0.05) is 30.7 Å². The highest BCUT2D eigenvalue weighted by Crippen LogP contribution is 2.20. The number of nitrogens with two attached hydrogens (primary N) is 1. The maximum atomic E-state index is 6.20. The van der Waals surface area contributed by atoms with E-state index < -0.39 is 0 Å². The van der Waals surface area contributed by atoms with Gasteiger partial charge in [0.15, 0.2) is 0 Å². The highest BCUT2D eigenvalue weighted by molar-refractivity contribution is 6.31. The number of benzene rings is 1. The summed E-state index contributed by atoms with van der Waals surface area (Å²) in [6.45, 7) is 6.82. The molecular formula is C14H22ClNO. The van der Waals surface area contributed by atoms with Gasteiger partial charge in [0.2, 0.25) is 0 Å². The lowest BCUT2D eigenvalue weighted by molar-refractivity contribution is 0.0417. The van der Waals surface area contributed by atoms with Gasteiger partial charge in [-0.2, -0.15) is 0 Å². The Kier molecular flexibility index (Phi) is 5.96. The van der Waals surface area contributed by atoms with Crippen LogP contribution in [0.3, 0.4) is 0 Å². The van der Waals surface area contributed by atoms with Crippen LogP contribution in [-0.4, -0.2) is 18.8 Å². The highest BCUT2D eigenvalue weighted by Gasteiger charge is 2.17. The molecule has 0 amide bonds. The Labute approximate surface area is 109 Å². The summed E-state index contributed by atoms with van der Waals surface area (Å²) in [5.74, 6) is 0. The molecule has 2 unspecified atom stereocenters. The summed E-state index contributed by atoms with van der Waals surface area (Å²) >= 11 is 6.20. The molecule has 0 saturated heterocycles. The molecule has 1 aromatic rings. The average Bonchev–Trinajstić information content (AvgIpc) is 2.29. The van der Waals surface area contributed by atoms with Crippen LogP contribution in [0.1, 0.15) is 31.4 Å². The smallest absolute Gasteiger partial charge is 0.0726 e. The first kappa shape index (κ1) is 14.5. The lowest BCUT2D eigenvalue weighted by atomic mass is 9.99. The fraction of sp³-hybridized carbons (Fsp3) is 0.571. The Balaban J connectivity index is 2.69. The van der Waals surface area contributed by atoms with Crippen LogP contribution in [0.25, 0.3) is 0 Å². The maximum absolute atomic E-state index is 6.20. The Hall–Kier alpha value is -0.570. The van der Waals surface area contributed by atoms with E-state index in [1.165, 1.54) is 5.56 Å². The first-order valence-corrected chi connectivity index (χ1v) is 6.58. The second-order valence-electron chi connectivity index (χ2n) is 4.36. The molecule has 0 aliphatic carbocycles. The van der Waals surface area contributed by atoms with Crippen molar-refractivity contribution in [2.45, 2.75) is 45.8 Å². The van der Waals surface area contributed by atoms with E-state index in [2.05, 4.69) is 19.1 Å². The molecule has 2 N–H and O–H groups in total. The zero-order valence-electron chi connectivity index (χ0n) is 10.9. The fourth-order valence-electron chi connectivity index (χ4n) is 1.96. The van der Waals surface area contributed by atoms with Crippen molar-refractivity contribution in [3.8, 4) is 0 Å². The van der Waals surface area contributed by atoms with Gasteiger partial charge >= 0.3 is 0 Å². The number of ether oxygens (including phenoxy) is 1. The molecule has 0 aromatic heterocycles. The minimum absolute atomic E-state index is 0.000145. The lowest BCUT2D eigenvalue weighted by Gasteiger charge is -2.23. The second-order valence-corrected chi connectivity index (χ2v) is 4.77. The SMILES string of the molecule is CCOC(CC)C(N)Cc1ccc(C)cc1Cl. The van der Waals surface area contributed by atoms with Crippen LogP contribution in [0.4, 0.5) is 0 Å². The molecule has 0 bridgehead atoms. The topological polar surface area (TPSA) is 35.2 Å². The minimum Gasteiger partial charge on any atom is -0.377 e. The van der Waals surface area contributed by atoms with Gasteiger partial charge in [-0.25, -0.2) is 0 Å². The fourth-order valence-corrected chi connectivity index (χ4v) is 2.27. The van der Waals surface area contributed by atoms with Crippen molar-refractivity contribution in [2.75, 3.05) is 6.61 Å². The molecule has 0 fully saturated rings. The van der Waals surface area contributed by atoms with Gasteiger partial charge in [0, 0.05) is 17.7 Å². The van der Waals surface area contributed by atoms with Crippen LogP contribution < -0.4 is 5.73 Å². The number of halogens is 1. The summed E-state index contributed by atoms with van der Waals surface area (Å²) in [6.07, 6.45) is 1.80. The second kappa shape index (κ2) is 7.00. The zero-order chi connectivity index (χ0) is 12.8. The third-order valence-corrected chi connectivity index (χ3v) is 3.28. The molecule has 0 spiro atoms. The van der Waals surface area contributed by atoms with Gasteiger partial charge in [-0.05, 0) is 43.9 Å². The molecule has 2 nitrogen and oxygen atoms in total. The summed E-state index contributed by atoms with van der Waals surface area (Å²) in [7, 11) is 0. The molecule has 96 valence electrons. The van der Waals surface area contributed by atoms with Crippen molar-refractivity contribution in [3.63, 3.8) is 0 Å². The molecule has 0 radical (unpaired) electrons. The first-order valence-electron chi connectivity index (χ1n) is 6.20. The minimum atomic E-state index is 0.000145. The summed E-state index contributed by atoms with van der Waals surface area (Å²) in [6, 6.07) is 6.09. The van der Waals surface area contributed by atoms with Crippen molar-refractivity contribution < 1.29 is 4.74 Å². The molecule has 0 saturated carbocycles. The lowest BCUT2D eigenvalue weighted by Crippen LogP contribution is -2.38. The number of hydrogen-bond donors (Lipinski definition) is 1. The van der Waals surface area contributed by atoms with Crippen molar-refractivity contribution in [3.05, 3.63) is 34.3 Å². The molecule has 3 heteroatoms. The number of rotatable bonds is 6. The molecule has 17 heavy (non-hydrogen) atoms. The molecule has 2 atom stereocenters. The van der Waals surface area contributed by atoms with Crippen LogP contribution in [-0.2, 0) is 11.2 Å². The summed E-state index contributed by atoms with van der Waals surface area (Å²) in [5, 5.41) is 0.798. The van der Waals surface area contributed by atoms with E-state index >= 15 is 0 Å². The van der Waals surface area contributed by atoms with E-state index in [1.54, 1.807) is 0 Å². The van der Waals surface area contributed by atoms with E-state index in [9.17, 15) is 0 Å². The average molecular weight is 256 g/mol. The Bertz CT molecular complexity index is 354. The van der Waals surface area contributed by atoms with Crippen LogP contribution in [0.2, 0.25) is 5.02 Å². The maximum Gasteiger partial charge on any atom is 0.0726 e. The Morgan fingerprint density at radius 3 is 2.59 bits per heavy atom. The predicted molar refractivity (Wildman–Crippen MR) is 73.6 cm³/mol. The van der Waals surface area contributed by atoms with E-state index in [-0.39, 0.29) is 12.1 Å². The van der Waals surface area contributed by atoms with Crippen molar-refractivity contribution in [1.29, 1.82) is 0 Å². The van der Waals surface area contributed by atoms with E-state index in [0.717, 1.165) is 23.4 Å². The normalized spacial score (nSPS) is 14.6. The molecule has 0 aliphatic heterocycles. The summed E-state index contributed by atoms with van der Waals surface area (Å²) < 4.78 is 5.62. The van der Waals surface area contributed by atoms with E-state index in [0.29, 0.717) is 6.61 Å². The molecule has 0 aliphatic rings. The molecular weight excluding hydrogens is 234 g/mol. The van der Waals surface area contributed by atoms with Gasteiger partial charge in [0.1, 0.15) is 0 Å². The number of aryl methyl sites for hydroxylation is 1. The van der Waals surface area contributed by atoms with Gasteiger partial charge in [0.05, 0.1) is 6.10 Å². The van der Waals surface area contributed by atoms with Gasteiger partial charge in [-0.3, -0.25) is 0 Å². The highest BCUT2D eigenvalue weighted by atomic mass is 35.5. The van der Waals surface area contributed by atoms with Crippen molar-refractivity contribution in [2.24, 2.45) is 5.73 Å². The molecule has 1 aromatic carbocycles. The quantitative estimate of drug-likeness (QED) is 0.846. The van der Waals surface area contributed by atoms with Gasteiger partial charge in [0.25, 0.3) is 0 Å². The largest absolute Gasteiger partial charge is 0.377 e. The molecule has 0 heterocycles. The number of hydrogen-bond acceptors (Lipinski definition) is 2.